The van der Waals surface area contributed by atoms with Gasteiger partial charge in [-0.2, -0.15) is 0 Å². The molecule has 124 heavy (non-hydrogen) atoms. The molecule has 4 saturated heterocycles. The number of ether oxygens (including phenoxy) is 3. The highest BCUT2D eigenvalue weighted by Gasteiger charge is 2.45. The first-order valence-electron chi connectivity index (χ1n) is 41.1. The number of cyclic esters (lactones) is 2. The van der Waals surface area contributed by atoms with Crippen molar-refractivity contribution in [1.82, 2.24) is 78.5 Å². The van der Waals surface area contributed by atoms with E-state index in [1.54, 1.807) is 71.9 Å². The molecule has 0 saturated carbocycles. The molecule has 4 heterocycles. The lowest BCUT2D eigenvalue weighted by atomic mass is 9.98. The average Bonchev–Trinajstić information content (AvgIpc) is 1.55. The summed E-state index contributed by atoms with van der Waals surface area (Å²) < 4.78 is 16.0. The van der Waals surface area contributed by atoms with Gasteiger partial charge in [-0.05, 0) is 143 Å². The van der Waals surface area contributed by atoms with Crippen LogP contribution in [0, 0.1) is 5.92 Å². The number of nitrogens with one attached hydrogen (secondary N) is 12. The first kappa shape index (κ1) is 98.0. The van der Waals surface area contributed by atoms with Crippen molar-refractivity contribution in [1.29, 1.82) is 0 Å². The third kappa shape index (κ3) is 25.7. The van der Waals surface area contributed by atoms with Gasteiger partial charge in [0.1, 0.15) is 110 Å². The Bertz CT molecular complexity index is 4560. The molecule has 4 aliphatic heterocycles. The SMILES string of the molecule is CC(C)C(=O)N[C@@H](C)C(=O)N[C@@H](C)C(=O)N1[C@@H](C)C(=O)OC[C@H]1c1ccccc1.C[C@@H]1NC(=O)[C@H](C)NC(=O)[C@H](C)N([C@@H](CO)c2ccccc2)C(=O)[C@H](C)NC1=O.C[C@@H]1NC(=O)[C@H](C)NC(=O)[C@H](C)NC(=O)[C@H](C)NC1=O.C[C@H](NC(=O)OCC1c2ccccc2-c2ccccc21)C(=O)N[C@@H](C)C(=O)N[C@@H](C)C(=O)N1[C@@H](C)C(=O)OC[C@H]1c1ccccc1. The van der Waals surface area contributed by atoms with Crippen molar-refractivity contribution in [3.63, 3.8) is 0 Å². The molecule has 5 aromatic carbocycles. The Labute approximate surface area is 720 Å². The van der Waals surface area contributed by atoms with Gasteiger partial charge < -0.3 is 97.8 Å². The van der Waals surface area contributed by atoms with Gasteiger partial charge in [0.2, 0.25) is 82.7 Å². The second kappa shape index (κ2) is 45.1. The smallest absolute Gasteiger partial charge is 0.407 e. The molecule has 4 fully saturated rings. The zero-order valence-corrected chi connectivity index (χ0v) is 72.6. The third-order valence-corrected chi connectivity index (χ3v) is 21.4. The molecule has 15 amide bonds. The number of hydrogen-bond acceptors (Lipinski definition) is 21. The molecule has 0 bridgehead atoms. The molecular weight excluding hydrogens is 1600 g/mol. The van der Waals surface area contributed by atoms with E-state index in [1.807, 2.05) is 109 Å². The highest BCUT2D eigenvalue weighted by molar-refractivity contribution is 6.00. The van der Waals surface area contributed by atoms with Gasteiger partial charge in [-0.15, -0.1) is 0 Å². The van der Waals surface area contributed by atoms with Crippen molar-refractivity contribution in [2.24, 2.45) is 5.92 Å². The van der Waals surface area contributed by atoms with Gasteiger partial charge in [-0.3, -0.25) is 67.1 Å². The quantitative estimate of drug-likeness (QED) is 0.0441. The minimum absolute atomic E-state index is 0.000612. The number of alkyl carbamates (subject to hydrolysis) is 1. The lowest BCUT2D eigenvalue weighted by molar-refractivity contribution is -0.169. The number of aliphatic hydroxyl groups excluding tert-OH is 1. The number of aliphatic hydroxyl groups is 1. The first-order valence-corrected chi connectivity index (χ1v) is 41.1. The number of carbonyl (C=O) groups is 17. The van der Waals surface area contributed by atoms with E-state index in [-0.39, 0.29) is 37.6 Å². The van der Waals surface area contributed by atoms with E-state index in [2.05, 4.69) is 63.8 Å². The van der Waals surface area contributed by atoms with Crippen molar-refractivity contribution in [2.75, 3.05) is 26.4 Å². The summed E-state index contributed by atoms with van der Waals surface area (Å²) in [6.07, 6.45) is -0.761. The van der Waals surface area contributed by atoms with Crippen LogP contribution in [0.4, 0.5) is 4.79 Å². The molecule has 0 aromatic heterocycles. The molecule has 36 heteroatoms. The molecule has 36 nitrogen and oxygen atoms in total. The minimum atomic E-state index is -1.02. The molecule has 0 spiro atoms. The van der Waals surface area contributed by atoms with E-state index in [1.165, 1.54) is 90.9 Å². The summed E-state index contributed by atoms with van der Waals surface area (Å²) in [6, 6.07) is 28.3. The van der Waals surface area contributed by atoms with Crippen molar-refractivity contribution in [3.8, 4) is 11.1 Å². The predicted molar refractivity (Wildman–Crippen MR) is 452 cm³/mol. The van der Waals surface area contributed by atoms with Crippen LogP contribution in [0.2, 0.25) is 0 Å². The summed E-state index contributed by atoms with van der Waals surface area (Å²) in [5, 5.41) is 40.5. The molecular formula is C88H115N15O21. The van der Waals surface area contributed by atoms with Crippen LogP contribution in [-0.2, 0) is 90.9 Å². The number of rotatable bonds is 18. The van der Waals surface area contributed by atoms with E-state index < -0.39 is 210 Å². The van der Waals surface area contributed by atoms with Gasteiger partial charge in [-0.1, -0.05) is 153 Å². The molecule has 5 aromatic rings. The third-order valence-electron chi connectivity index (χ3n) is 21.4. The maximum atomic E-state index is 13.5. The zero-order chi connectivity index (χ0) is 91.8. The van der Waals surface area contributed by atoms with Crippen molar-refractivity contribution in [3.05, 3.63) is 167 Å². The molecule has 5 aliphatic rings. The van der Waals surface area contributed by atoms with Crippen LogP contribution in [0.1, 0.15) is 170 Å². The molecule has 668 valence electrons. The second-order valence-electron chi connectivity index (χ2n) is 31.4. The van der Waals surface area contributed by atoms with E-state index in [0.717, 1.165) is 33.4 Å². The Kier molecular flexibility index (Phi) is 35.6. The first-order chi connectivity index (χ1) is 58.6. The number of benzene rings is 5. The molecule has 0 unspecified atom stereocenters. The van der Waals surface area contributed by atoms with Crippen LogP contribution in [0.3, 0.4) is 0 Å². The van der Waals surface area contributed by atoms with Gasteiger partial charge in [-0.25, -0.2) is 14.4 Å². The number of fused-ring (bicyclic) bond motifs is 3. The normalized spacial score (nSPS) is 23.8. The van der Waals surface area contributed by atoms with E-state index in [9.17, 15) is 86.6 Å². The summed E-state index contributed by atoms with van der Waals surface area (Å²) in [7, 11) is 0. The Morgan fingerprint density at radius 2 is 0.694 bits per heavy atom. The predicted octanol–water partition coefficient (Wildman–Crippen LogP) is 2.09. The summed E-state index contributed by atoms with van der Waals surface area (Å²) >= 11 is 0. The summed E-state index contributed by atoms with van der Waals surface area (Å²) in [5.41, 5.74) is 6.63. The largest absolute Gasteiger partial charge is 0.462 e. The maximum absolute atomic E-state index is 13.5. The average molecular weight is 1720 g/mol. The molecule has 10 rings (SSSR count). The highest BCUT2D eigenvalue weighted by atomic mass is 16.6. The van der Waals surface area contributed by atoms with E-state index in [4.69, 9.17) is 14.2 Å². The van der Waals surface area contributed by atoms with Crippen LogP contribution < -0.4 is 63.8 Å². The topological polar surface area (TPSA) is 492 Å². The van der Waals surface area contributed by atoms with Crippen LogP contribution in [0.15, 0.2) is 140 Å². The van der Waals surface area contributed by atoms with Gasteiger partial charge >= 0.3 is 18.0 Å². The van der Waals surface area contributed by atoms with Crippen molar-refractivity contribution < 1.29 is 101 Å². The number of hydrogen-bond donors (Lipinski definition) is 13. The van der Waals surface area contributed by atoms with Crippen LogP contribution in [0.25, 0.3) is 11.1 Å². The Morgan fingerprint density at radius 1 is 0.387 bits per heavy atom. The molecule has 18 atom stereocenters. The number of amides is 15. The summed E-state index contributed by atoms with van der Waals surface area (Å²) in [4.78, 5) is 216. The fourth-order valence-corrected chi connectivity index (χ4v) is 13.8. The lowest BCUT2D eigenvalue weighted by Gasteiger charge is -2.40. The lowest BCUT2D eigenvalue weighted by Crippen LogP contribution is -2.61. The van der Waals surface area contributed by atoms with E-state index in [0.29, 0.717) is 5.56 Å². The molecule has 1 aliphatic carbocycles. The van der Waals surface area contributed by atoms with Gasteiger partial charge in [0.05, 0.1) is 24.7 Å². The summed E-state index contributed by atoms with van der Waals surface area (Å²) in [6.45, 7) is 26.0. The fourth-order valence-electron chi connectivity index (χ4n) is 13.8. The Hall–Kier alpha value is -13.2. The van der Waals surface area contributed by atoms with Gasteiger partial charge in [0, 0.05) is 11.8 Å². The monoisotopic (exact) mass is 1720 g/mol. The zero-order valence-electron chi connectivity index (χ0n) is 72.6. The minimum Gasteiger partial charge on any atom is -0.462 e. The second-order valence-corrected chi connectivity index (χ2v) is 31.4. The van der Waals surface area contributed by atoms with E-state index >= 15 is 0 Å². The standard InChI is InChI=1S/C35H38N4O7.C21H29N3O5.C20H28N4O5.C12H20N4O4/c1-20(31(40)37-22(3)33(42)39-23(4)34(43)45-19-30(39)24-12-6-5-7-13-24)36-32(41)21(2)38-35(44)46-18-29-27-16-10-8-14-25(27)26-15-9-11-17-28(26)29;1-12(2)18(25)22-13(3)19(26)23-14(4)20(27)24-15(5)21(28)29-11-17(24)16-9-7-6-8-10-16;1-11-18(27)23-13(3)20(29)24(16(10-25)15-8-6-5-7-9-15)14(4)19(28)22-12(2)17(26)21-11;1-5-9(17)14-7(3)11(19)16-8(4)12(20)15-6(2)10(18)13-5/h5-17,20-23,29-30H,18-19H2,1-4H3,(H,36,41)(H,37,40)(H,38,44);6-10,12-15,17H,11H2,1-5H3,(H,22,25)(H,23,26);5-9,11-14,16,25H,10H2,1-4H3,(H,21,26)(H,22,28)(H,23,27);5-8H,1-4H3,(H,13,18)(H,14,17)(H,15,20)(H,16,19)/t20-,21-,22-,23-,30-;13-,14-,15-,17-;11-,12-,13-,14-,16-;5-,6-,7-,8-/m0000/s1. The Balaban J connectivity index is 0.000000238. The Morgan fingerprint density at radius 3 is 1.05 bits per heavy atom. The number of esters is 2. The van der Waals surface area contributed by atoms with Gasteiger partial charge in [0.15, 0.2) is 0 Å². The number of carbonyl (C=O) groups excluding carboxylic acids is 17. The fraction of sp³-hybridized carbons (Fsp3) is 0.466. The molecule has 0 radical (unpaired) electrons. The summed E-state index contributed by atoms with van der Waals surface area (Å²) in [5.74, 6) is -8.13. The maximum Gasteiger partial charge on any atom is 0.407 e. The van der Waals surface area contributed by atoms with Crippen molar-refractivity contribution >= 4 is 101 Å². The molecule has 13 N–H and O–H groups in total. The number of nitrogens with zero attached hydrogens (tertiary/aromatic N) is 3. The number of morpholine rings is 2. The van der Waals surface area contributed by atoms with Crippen LogP contribution in [0.5, 0.6) is 0 Å². The van der Waals surface area contributed by atoms with Crippen LogP contribution in [-0.4, -0.2) is 238 Å². The van der Waals surface area contributed by atoms with Gasteiger partial charge in [0.25, 0.3) is 0 Å². The van der Waals surface area contributed by atoms with Crippen molar-refractivity contribution in [2.45, 2.75) is 232 Å². The van der Waals surface area contributed by atoms with Crippen LogP contribution >= 0.6 is 0 Å². The highest BCUT2D eigenvalue weighted by Crippen LogP contribution is 2.45.